The first kappa shape index (κ1) is 24.9. The highest BCUT2D eigenvalue weighted by atomic mass is 35.5. The summed E-state index contributed by atoms with van der Waals surface area (Å²) < 4.78 is 5.44. The number of halogens is 2. The molecule has 0 bridgehead atoms. The van der Waals surface area contributed by atoms with E-state index in [-0.39, 0.29) is 36.6 Å². The Labute approximate surface area is 180 Å². The maximum Gasteiger partial charge on any atom is 0.239 e. The van der Waals surface area contributed by atoms with Crippen LogP contribution in [0, 0.1) is 12.8 Å². The van der Waals surface area contributed by atoms with Crippen molar-refractivity contribution >= 4 is 36.5 Å². The molecule has 0 radical (unpaired) electrons. The maximum atomic E-state index is 12.5. The van der Waals surface area contributed by atoms with Gasteiger partial charge in [0.1, 0.15) is 11.6 Å². The number of hydrogen-bond acceptors (Lipinski definition) is 6. The molecule has 3 heterocycles. The summed E-state index contributed by atoms with van der Waals surface area (Å²) in [6.07, 6.45) is 1.85. The molecule has 2 aliphatic rings. The van der Waals surface area contributed by atoms with Crippen LogP contribution in [0.3, 0.4) is 0 Å². The van der Waals surface area contributed by atoms with Crippen LogP contribution in [0.15, 0.2) is 6.07 Å². The van der Waals surface area contributed by atoms with Gasteiger partial charge in [-0.15, -0.1) is 24.8 Å². The van der Waals surface area contributed by atoms with Crippen molar-refractivity contribution < 1.29 is 9.53 Å². The molecule has 0 aromatic carbocycles. The third kappa shape index (κ3) is 5.92. The van der Waals surface area contributed by atoms with Gasteiger partial charge in [-0.2, -0.15) is 0 Å². The standard InChI is InChI=1S/C19H31N5O2.2ClH/c1-13(2)18(20)19(25)24-6-4-15(5-7-24)16-12-17(22-14(3)21-16)23-8-10-26-11-9-23;;/h12-13,15,18H,4-11,20H2,1-3H3;2*1H/t18-;;/m1../s1. The second-order valence-electron chi connectivity index (χ2n) is 7.67. The van der Waals surface area contributed by atoms with Crippen molar-refractivity contribution in [2.75, 3.05) is 44.3 Å². The third-order valence-electron chi connectivity index (χ3n) is 5.41. The molecule has 2 aliphatic heterocycles. The number of carbonyl (C=O) groups is 1. The summed E-state index contributed by atoms with van der Waals surface area (Å²) in [6.45, 7) is 10.7. The van der Waals surface area contributed by atoms with Crippen molar-refractivity contribution in [2.24, 2.45) is 11.7 Å². The lowest BCUT2D eigenvalue weighted by Crippen LogP contribution is -2.49. The number of nitrogens with zero attached hydrogens (tertiary/aromatic N) is 4. The van der Waals surface area contributed by atoms with E-state index in [4.69, 9.17) is 10.5 Å². The lowest BCUT2D eigenvalue weighted by Gasteiger charge is -2.34. The number of hydrogen-bond donors (Lipinski definition) is 1. The fourth-order valence-electron chi connectivity index (χ4n) is 3.63. The largest absolute Gasteiger partial charge is 0.378 e. The summed E-state index contributed by atoms with van der Waals surface area (Å²) >= 11 is 0. The van der Waals surface area contributed by atoms with Crippen LogP contribution in [0.5, 0.6) is 0 Å². The maximum absolute atomic E-state index is 12.5. The third-order valence-corrected chi connectivity index (χ3v) is 5.41. The number of anilines is 1. The van der Waals surface area contributed by atoms with Crippen LogP contribution >= 0.6 is 24.8 Å². The molecule has 2 fully saturated rings. The van der Waals surface area contributed by atoms with Gasteiger partial charge in [0.15, 0.2) is 0 Å². The fourth-order valence-corrected chi connectivity index (χ4v) is 3.63. The fraction of sp³-hybridized carbons (Fsp3) is 0.737. The molecule has 28 heavy (non-hydrogen) atoms. The number of rotatable bonds is 4. The minimum absolute atomic E-state index is 0. The second kappa shape index (κ2) is 11.1. The number of carbonyl (C=O) groups excluding carboxylic acids is 1. The van der Waals surface area contributed by atoms with Crippen LogP contribution in [-0.4, -0.2) is 66.2 Å². The topological polar surface area (TPSA) is 84.6 Å². The minimum atomic E-state index is -0.402. The number of aromatic nitrogens is 2. The number of piperidine rings is 1. The summed E-state index contributed by atoms with van der Waals surface area (Å²) in [5.41, 5.74) is 7.13. The zero-order valence-electron chi connectivity index (χ0n) is 17.0. The van der Waals surface area contributed by atoms with Gasteiger partial charge in [-0.3, -0.25) is 4.79 Å². The molecule has 2 N–H and O–H groups in total. The van der Waals surface area contributed by atoms with Gasteiger partial charge in [0.05, 0.1) is 19.3 Å². The van der Waals surface area contributed by atoms with Crippen molar-refractivity contribution in [1.82, 2.24) is 14.9 Å². The quantitative estimate of drug-likeness (QED) is 0.782. The molecule has 7 nitrogen and oxygen atoms in total. The molecular formula is C19H33Cl2N5O2. The van der Waals surface area contributed by atoms with Crippen molar-refractivity contribution in [3.05, 3.63) is 17.6 Å². The van der Waals surface area contributed by atoms with Crippen LogP contribution in [-0.2, 0) is 9.53 Å². The van der Waals surface area contributed by atoms with Gasteiger partial charge in [-0.05, 0) is 25.7 Å². The number of ether oxygens (including phenoxy) is 1. The monoisotopic (exact) mass is 433 g/mol. The van der Waals surface area contributed by atoms with Crippen molar-refractivity contribution in [1.29, 1.82) is 0 Å². The number of likely N-dealkylation sites (tertiary alicyclic amines) is 1. The Hall–Kier alpha value is -1.15. The van der Waals surface area contributed by atoms with E-state index < -0.39 is 6.04 Å². The highest BCUT2D eigenvalue weighted by molar-refractivity contribution is 5.85. The smallest absolute Gasteiger partial charge is 0.239 e. The van der Waals surface area contributed by atoms with E-state index in [0.29, 0.717) is 5.92 Å². The zero-order chi connectivity index (χ0) is 18.7. The van der Waals surface area contributed by atoms with E-state index in [1.165, 1.54) is 0 Å². The molecule has 0 unspecified atom stereocenters. The zero-order valence-corrected chi connectivity index (χ0v) is 18.6. The van der Waals surface area contributed by atoms with E-state index in [9.17, 15) is 4.79 Å². The molecule has 1 amide bonds. The highest BCUT2D eigenvalue weighted by Crippen LogP contribution is 2.29. The SMILES string of the molecule is Cc1nc(C2CCN(C(=O)[C@H](N)C(C)C)CC2)cc(N2CCOCC2)n1.Cl.Cl. The number of aryl methyl sites for hydroxylation is 1. The van der Waals surface area contributed by atoms with Gasteiger partial charge in [-0.25, -0.2) is 9.97 Å². The molecule has 9 heteroatoms. The minimum Gasteiger partial charge on any atom is -0.378 e. The average molecular weight is 434 g/mol. The number of amides is 1. The molecule has 0 spiro atoms. The van der Waals surface area contributed by atoms with E-state index >= 15 is 0 Å². The molecule has 0 aliphatic carbocycles. The second-order valence-corrected chi connectivity index (χ2v) is 7.67. The summed E-state index contributed by atoms with van der Waals surface area (Å²) in [6, 6.07) is 1.72. The number of nitrogens with two attached hydrogens (primary N) is 1. The van der Waals surface area contributed by atoms with Gasteiger partial charge in [0.25, 0.3) is 0 Å². The summed E-state index contributed by atoms with van der Waals surface area (Å²) in [7, 11) is 0. The van der Waals surface area contributed by atoms with Gasteiger partial charge < -0.3 is 20.3 Å². The van der Waals surface area contributed by atoms with Gasteiger partial charge in [0.2, 0.25) is 5.91 Å². The Bertz CT molecular complexity index is 633. The Balaban J connectivity index is 0.00000196. The van der Waals surface area contributed by atoms with Crippen LogP contribution in [0.2, 0.25) is 0 Å². The van der Waals surface area contributed by atoms with Gasteiger partial charge in [0, 0.05) is 43.9 Å². The Morgan fingerprint density at radius 3 is 2.32 bits per heavy atom. The van der Waals surface area contributed by atoms with Crippen LogP contribution in [0.25, 0.3) is 0 Å². The summed E-state index contributed by atoms with van der Waals surface area (Å²) in [5, 5.41) is 0. The van der Waals surface area contributed by atoms with Crippen LogP contribution in [0.1, 0.15) is 44.1 Å². The Morgan fingerprint density at radius 1 is 1.14 bits per heavy atom. The van der Waals surface area contributed by atoms with Crippen molar-refractivity contribution in [2.45, 2.75) is 45.6 Å². The van der Waals surface area contributed by atoms with Crippen molar-refractivity contribution in [3.8, 4) is 0 Å². The van der Waals surface area contributed by atoms with E-state index in [1.807, 2.05) is 25.7 Å². The predicted molar refractivity (Wildman–Crippen MR) is 116 cm³/mol. The molecule has 160 valence electrons. The highest BCUT2D eigenvalue weighted by Gasteiger charge is 2.29. The lowest BCUT2D eigenvalue weighted by atomic mass is 9.92. The average Bonchev–Trinajstić information content (AvgIpc) is 2.67. The van der Waals surface area contributed by atoms with Crippen LogP contribution in [0.4, 0.5) is 5.82 Å². The predicted octanol–water partition coefficient (Wildman–Crippen LogP) is 2.15. The molecular weight excluding hydrogens is 401 g/mol. The molecule has 1 atom stereocenters. The summed E-state index contributed by atoms with van der Waals surface area (Å²) in [5.74, 6) is 2.42. The molecule has 2 saturated heterocycles. The first-order chi connectivity index (χ1) is 12.5. The Morgan fingerprint density at radius 2 is 1.75 bits per heavy atom. The molecule has 1 aromatic heterocycles. The number of morpholine rings is 1. The molecule has 0 saturated carbocycles. The normalized spacial score (nSPS) is 19.0. The van der Waals surface area contributed by atoms with Crippen molar-refractivity contribution in [3.63, 3.8) is 0 Å². The summed E-state index contributed by atoms with van der Waals surface area (Å²) in [4.78, 5) is 25.9. The van der Waals surface area contributed by atoms with Gasteiger partial charge >= 0.3 is 0 Å². The van der Waals surface area contributed by atoms with E-state index in [1.54, 1.807) is 0 Å². The van der Waals surface area contributed by atoms with Crippen LogP contribution < -0.4 is 10.6 Å². The first-order valence-corrected chi connectivity index (χ1v) is 9.68. The Kier molecular flexibility index (Phi) is 9.90. The van der Waals surface area contributed by atoms with Gasteiger partial charge in [-0.1, -0.05) is 13.8 Å². The first-order valence-electron chi connectivity index (χ1n) is 9.68. The van der Waals surface area contributed by atoms with E-state index in [0.717, 1.165) is 69.6 Å². The lowest BCUT2D eigenvalue weighted by molar-refractivity contribution is -0.134. The van der Waals surface area contributed by atoms with E-state index in [2.05, 4.69) is 20.9 Å². The molecule has 1 aromatic rings. The molecule has 3 rings (SSSR count).